The lowest BCUT2D eigenvalue weighted by Gasteiger charge is -2.15. The van der Waals surface area contributed by atoms with Gasteiger partial charge in [-0.15, -0.1) is 12.4 Å². The molecule has 0 saturated carbocycles. The highest BCUT2D eigenvalue weighted by Gasteiger charge is 2.11. The van der Waals surface area contributed by atoms with Gasteiger partial charge in [-0.1, -0.05) is 37.3 Å². The van der Waals surface area contributed by atoms with E-state index >= 15 is 0 Å². The fraction of sp³-hybridized carbons (Fsp3) is 0.312. The van der Waals surface area contributed by atoms with E-state index in [0.717, 1.165) is 11.3 Å². The van der Waals surface area contributed by atoms with Crippen LogP contribution in [0.25, 0.3) is 0 Å². The van der Waals surface area contributed by atoms with Crippen molar-refractivity contribution < 1.29 is 9.84 Å². The van der Waals surface area contributed by atoms with Gasteiger partial charge in [0, 0.05) is 18.8 Å². The molecule has 0 aliphatic carbocycles. The van der Waals surface area contributed by atoms with Crippen LogP contribution in [0, 0.1) is 0 Å². The molecule has 21 heavy (non-hydrogen) atoms. The predicted molar refractivity (Wildman–Crippen MR) is 85.2 cm³/mol. The number of hydrogen-bond acceptors (Lipinski definition) is 3. The summed E-state index contributed by atoms with van der Waals surface area (Å²) in [6, 6.07) is 11.2. The van der Waals surface area contributed by atoms with Crippen molar-refractivity contribution in [3.63, 3.8) is 0 Å². The minimum atomic E-state index is -0.119. The number of rotatable bonds is 6. The summed E-state index contributed by atoms with van der Waals surface area (Å²) in [6.45, 7) is 2.84. The fourth-order valence-electron chi connectivity index (χ4n) is 2.16. The molecule has 4 nitrogen and oxygen atoms in total. The Hall–Kier alpha value is -1.78. The van der Waals surface area contributed by atoms with Gasteiger partial charge in [0.25, 0.3) is 0 Å². The molecule has 1 aromatic carbocycles. The molecule has 0 spiro atoms. The Bertz CT molecular complexity index is 611. The summed E-state index contributed by atoms with van der Waals surface area (Å²) in [6.07, 6.45) is 2.38. The van der Waals surface area contributed by atoms with Crippen LogP contribution in [-0.4, -0.2) is 16.3 Å². The maximum atomic E-state index is 12.0. The Kier molecular flexibility index (Phi) is 6.99. The number of hydrogen-bond donors (Lipinski definition) is 1. The molecule has 0 unspecified atom stereocenters. The van der Waals surface area contributed by atoms with Crippen LogP contribution in [0.2, 0.25) is 0 Å². The molecular weight excluding hydrogens is 290 g/mol. The summed E-state index contributed by atoms with van der Waals surface area (Å²) in [4.78, 5) is 12.0. The van der Waals surface area contributed by atoms with Crippen LogP contribution in [0.15, 0.2) is 47.4 Å². The second kappa shape index (κ2) is 8.49. The Balaban J connectivity index is 0.00000220. The van der Waals surface area contributed by atoms with Crippen LogP contribution < -0.4 is 10.2 Å². The average molecular weight is 310 g/mol. The predicted octanol–water partition coefficient (Wildman–Crippen LogP) is 2.40. The number of aliphatic hydroxyl groups is 1. The third-order valence-corrected chi connectivity index (χ3v) is 3.14. The first-order valence-corrected chi connectivity index (χ1v) is 6.76. The highest BCUT2D eigenvalue weighted by molar-refractivity contribution is 5.85. The van der Waals surface area contributed by atoms with Crippen LogP contribution in [0.3, 0.4) is 0 Å². The number of aromatic nitrogens is 1. The fourth-order valence-corrected chi connectivity index (χ4v) is 2.16. The van der Waals surface area contributed by atoms with Gasteiger partial charge in [0.05, 0.1) is 12.3 Å². The van der Waals surface area contributed by atoms with Crippen molar-refractivity contribution in [2.24, 2.45) is 0 Å². The molecule has 1 heterocycles. The second-order valence-electron chi connectivity index (χ2n) is 4.50. The normalized spacial score (nSPS) is 10.0. The molecule has 0 bridgehead atoms. The Morgan fingerprint density at radius 2 is 1.90 bits per heavy atom. The number of benzene rings is 1. The molecule has 0 aliphatic heterocycles. The van der Waals surface area contributed by atoms with Crippen LogP contribution in [-0.2, 0) is 19.6 Å². The van der Waals surface area contributed by atoms with Gasteiger partial charge >= 0.3 is 0 Å². The van der Waals surface area contributed by atoms with Crippen molar-refractivity contribution in [1.82, 2.24) is 4.57 Å². The lowest BCUT2D eigenvalue weighted by atomic mass is 10.2. The minimum absolute atomic E-state index is 0. The standard InChI is InChI=1S/C16H19NO3.ClH/c1-2-14-16(15(19)8-9-17(14)10-11-18)20-12-13-6-4-3-5-7-13;/h3-9,18H,2,10-12H2,1H3;1H. The summed E-state index contributed by atoms with van der Waals surface area (Å²) in [5.41, 5.74) is 1.72. The van der Waals surface area contributed by atoms with Crippen molar-refractivity contribution in [2.75, 3.05) is 6.61 Å². The van der Waals surface area contributed by atoms with E-state index in [1.165, 1.54) is 6.07 Å². The molecule has 0 radical (unpaired) electrons. The minimum Gasteiger partial charge on any atom is -0.483 e. The first kappa shape index (κ1) is 17.3. The van der Waals surface area contributed by atoms with Crippen molar-refractivity contribution in [1.29, 1.82) is 0 Å². The summed E-state index contributed by atoms with van der Waals surface area (Å²) >= 11 is 0. The van der Waals surface area contributed by atoms with E-state index in [4.69, 9.17) is 9.84 Å². The van der Waals surface area contributed by atoms with Gasteiger partial charge < -0.3 is 14.4 Å². The van der Waals surface area contributed by atoms with Gasteiger partial charge in [-0.3, -0.25) is 4.79 Å². The van der Waals surface area contributed by atoms with Crippen LogP contribution >= 0.6 is 12.4 Å². The zero-order valence-corrected chi connectivity index (χ0v) is 12.8. The van der Waals surface area contributed by atoms with Crippen molar-refractivity contribution in [2.45, 2.75) is 26.5 Å². The van der Waals surface area contributed by atoms with Crippen molar-refractivity contribution in [3.8, 4) is 5.75 Å². The van der Waals surface area contributed by atoms with Gasteiger partial charge in [0.2, 0.25) is 5.43 Å². The lowest BCUT2D eigenvalue weighted by Crippen LogP contribution is -2.17. The molecule has 1 N–H and O–H groups in total. The Morgan fingerprint density at radius 3 is 2.52 bits per heavy atom. The van der Waals surface area contributed by atoms with Crippen molar-refractivity contribution in [3.05, 3.63) is 64.1 Å². The molecule has 0 fully saturated rings. The third kappa shape index (κ3) is 4.34. The first-order chi connectivity index (χ1) is 9.76. The third-order valence-electron chi connectivity index (χ3n) is 3.14. The smallest absolute Gasteiger partial charge is 0.223 e. The molecule has 2 rings (SSSR count). The van der Waals surface area contributed by atoms with E-state index in [2.05, 4.69) is 0 Å². The van der Waals surface area contributed by atoms with E-state index in [9.17, 15) is 4.79 Å². The maximum Gasteiger partial charge on any atom is 0.223 e. The van der Waals surface area contributed by atoms with Gasteiger partial charge in [0.15, 0.2) is 5.75 Å². The number of nitrogens with zero attached hydrogens (tertiary/aromatic N) is 1. The molecule has 0 aliphatic rings. The van der Waals surface area contributed by atoms with Gasteiger partial charge in [-0.05, 0) is 12.0 Å². The van der Waals surface area contributed by atoms with Crippen molar-refractivity contribution >= 4 is 12.4 Å². The maximum absolute atomic E-state index is 12.0. The topological polar surface area (TPSA) is 51.5 Å². The quantitative estimate of drug-likeness (QED) is 0.891. The first-order valence-electron chi connectivity index (χ1n) is 6.76. The van der Waals surface area contributed by atoms with E-state index in [0.29, 0.717) is 25.3 Å². The highest BCUT2D eigenvalue weighted by atomic mass is 35.5. The van der Waals surface area contributed by atoms with Gasteiger partial charge in [-0.25, -0.2) is 0 Å². The summed E-state index contributed by atoms with van der Waals surface area (Å²) in [7, 11) is 0. The molecule has 0 amide bonds. The molecule has 0 saturated heterocycles. The largest absolute Gasteiger partial charge is 0.483 e. The zero-order valence-electron chi connectivity index (χ0n) is 12.0. The Labute approximate surface area is 130 Å². The summed E-state index contributed by atoms with van der Waals surface area (Å²) in [5.74, 6) is 0.382. The van der Waals surface area contributed by atoms with Gasteiger partial charge in [-0.2, -0.15) is 0 Å². The number of aliphatic hydroxyl groups excluding tert-OH is 1. The number of halogens is 1. The molecule has 0 atom stereocenters. The van der Waals surface area contributed by atoms with Crippen LogP contribution in [0.1, 0.15) is 18.2 Å². The van der Waals surface area contributed by atoms with Gasteiger partial charge in [0.1, 0.15) is 6.61 Å². The van der Waals surface area contributed by atoms with Crippen LogP contribution in [0.4, 0.5) is 0 Å². The number of pyridine rings is 1. The van der Waals surface area contributed by atoms with E-state index < -0.39 is 0 Å². The summed E-state index contributed by atoms with van der Waals surface area (Å²) < 4.78 is 7.58. The monoisotopic (exact) mass is 309 g/mol. The summed E-state index contributed by atoms with van der Waals surface area (Å²) in [5, 5.41) is 9.07. The van der Waals surface area contributed by atoms with E-state index in [-0.39, 0.29) is 24.4 Å². The van der Waals surface area contributed by atoms with Crippen LogP contribution in [0.5, 0.6) is 5.75 Å². The average Bonchev–Trinajstić information content (AvgIpc) is 2.48. The second-order valence-corrected chi connectivity index (χ2v) is 4.50. The molecule has 114 valence electrons. The lowest BCUT2D eigenvalue weighted by molar-refractivity contribution is 0.267. The molecule has 2 aromatic rings. The number of ether oxygens (including phenoxy) is 1. The molecular formula is C16H20ClNO3. The Morgan fingerprint density at radius 1 is 1.19 bits per heavy atom. The van der Waals surface area contributed by atoms with E-state index in [1.807, 2.05) is 41.8 Å². The molecule has 1 aromatic heterocycles. The SMILES string of the molecule is CCc1c(OCc2ccccc2)c(=O)ccn1CCO.Cl. The highest BCUT2D eigenvalue weighted by Crippen LogP contribution is 2.15. The van der Waals surface area contributed by atoms with E-state index in [1.54, 1.807) is 6.20 Å². The zero-order chi connectivity index (χ0) is 14.4. The molecule has 5 heteroatoms.